The van der Waals surface area contributed by atoms with Crippen molar-refractivity contribution in [2.24, 2.45) is 0 Å². The Bertz CT molecular complexity index is 274. The average molecular weight is 251 g/mol. The average Bonchev–Trinajstić information content (AvgIpc) is 2.39. The van der Waals surface area contributed by atoms with Gasteiger partial charge >= 0.3 is 0 Å². The maximum atomic E-state index is 3.64. The van der Waals surface area contributed by atoms with E-state index in [1.54, 1.807) is 0 Å². The van der Waals surface area contributed by atoms with E-state index >= 15 is 0 Å². The van der Waals surface area contributed by atoms with Gasteiger partial charge in [0.25, 0.3) is 0 Å². The molecule has 0 fully saturated rings. The molecular weight excluding hydrogens is 226 g/mol. The topological polar surface area (TPSA) is 12.0 Å². The molecule has 0 aliphatic rings. The van der Waals surface area contributed by atoms with Gasteiger partial charge in [0, 0.05) is 11.8 Å². The highest BCUT2D eigenvalue weighted by molar-refractivity contribution is 7.99. The van der Waals surface area contributed by atoms with Crippen molar-refractivity contribution in [2.75, 3.05) is 18.1 Å². The van der Waals surface area contributed by atoms with Gasteiger partial charge in [-0.1, -0.05) is 50.6 Å². The quantitative estimate of drug-likeness (QED) is 0.658. The molecule has 1 aromatic rings. The van der Waals surface area contributed by atoms with Crippen molar-refractivity contribution in [1.29, 1.82) is 0 Å². The molecule has 0 saturated heterocycles. The molecular formula is C15H25NS. The van der Waals surface area contributed by atoms with Gasteiger partial charge in [-0.25, -0.2) is 0 Å². The molecule has 1 nitrogen and oxygen atoms in total. The number of thioether (sulfide) groups is 1. The molecule has 0 radical (unpaired) electrons. The van der Waals surface area contributed by atoms with E-state index in [2.05, 4.69) is 61.3 Å². The molecule has 0 aliphatic heterocycles. The molecule has 1 aromatic carbocycles. The van der Waals surface area contributed by atoms with Crippen molar-refractivity contribution in [1.82, 2.24) is 5.32 Å². The zero-order valence-electron chi connectivity index (χ0n) is 11.1. The van der Waals surface area contributed by atoms with Crippen LogP contribution in [0.1, 0.15) is 44.7 Å². The van der Waals surface area contributed by atoms with Gasteiger partial charge in [-0.2, -0.15) is 11.8 Å². The van der Waals surface area contributed by atoms with E-state index in [0.29, 0.717) is 6.04 Å². The van der Waals surface area contributed by atoms with Crippen molar-refractivity contribution < 1.29 is 0 Å². The van der Waals surface area contributed by atoms with E-state index < -0.39 is 0 Å². The first-order valence-corrected chi connectivity index (χ1v) is 7.90. The number of hydrogen-bond acceptors (Lipinski definition) is 2. The van der Waals surface area contributed by atoms with E-state index in [1.165, 1.54) is 36.3 Å². The van der Waals surface area contributed by atoms with E-state index in [4.69, 9.17) is 0 Å². The molecule has 1 rings (SSSR count). The van der Waals surface area contributed by atoms with E-state index in [1.807, 2.05) is 0 Å². The van der Waals surface area contributed by atoms with Crippen LogP contribution in [0.5, 0.6) is 0 Å². The summed E-state index contributed by atoms with van der Waals surface area (Å²) in [7, 11) is 0. The Hall–Kier alpha value is -0.470. The Labute approximate surface area is 110 Å². The number of hydrogen-bond donors (Lipinski definition) is 1. The summed E-state index contributed by atoms with van der Waals surface area (Å²) in [5.41, 5.74) is 1.42. The summed E-state index contributed by atoms with van der Waals surface area (Å²) in [5.74, 6) is 2.47. The van der Waals surface area contributed by atoms with E-state index in [9.17, 15) is 0 Å². The highest BCUT2D eigenvalue weighted by Gasteiger charge is 2.09. The summed E-state index contributed by atoms with van der Waals surface area (Å²) >= 11 is 2.07. The van der Waals surface area contributed by atoms with Crippen LogP contribution >= 0.6 is 11.8 Å². The molecule has 0 heterocycles. The Morgan fingerprint density at radius 2 is 1.88 bits per heavy atom. The zero-order valence-corrected chi connectivity index (χ0v) is 11.9. The molecule has 2 heteroatoms. The lowest BCUT2D eigenvalue weighted by atomic mass is 10.1. The molecule has 0 spiro atoms. The van der Waals surface area contributed by atoms with E-state index in [0.717, 1.165) is 6.54 Å². The maximum Gasteiger partial charge on any atom is 0.0411 e. The van der Waals surface area contributed by atoms with Gasteiger partial charge in [0.2, 0.25) is 0 Å². The maximum absolute atomic E-state index is 3.64. The lowest BCUT2D eigenvalue weighted by Gasteiger charge is -2.18. The Morgan fingerprint density at radius 3 is 2.53 bits per heavy atom. The number of nitrogens with one attached hydrogen (secondary N) is 1. The van der Waals surface area contributed by atoms with E-state index in [-0.39, 0.29) is 0 Å². The number of unbranched alkanes of at least 4 members (excludes halogenated alkanes) is 1. The molecule has 0 saturated carbocycles. The SMILES string of the molecule is CCCCSCC(NCCC)c1ccccc1. The lowest BCUT2D eigenvalue weighted by molar-refractivity contribution is 0.577. The van der Waals surface area contributed by atoms with Gasteiger partial charge in [0.05, 0.1) is 0 Å². The minimum absolute atomic E-state index is 0.512. The predicted octanol–water partition coefficient (Wildman–Crippen LogP) is 4.26. The van der Waals surface area contributed by atoms with Crippen LogP contribution in [-0.4, -0.2) is 18.1 Å². The molecule has 0 amide bonds. The van der Waals surface area contributed by atoms with Gasteiger partial charge in [-0.15, -0.1) is 0 Å². The van der Waals surface area contributed by atoms with Crippen LogP contribution in [0.4, 0.5) is 0 Å². The van der Waals surface area contributed by atoms with Gasteiger partial charge < -0.3 is 5.32 Å². The van der Waals surface area contributed by atoms with Crippen molar-refractivity contribution in [3.05, 3.63) is 35.9 Å². The van der Waals surface area contributed by atoms with Crippen molar-refractivity contribution in [3.8, 4) is 0 Å². The lowest BCUT2D eigenvalue weighted by Crippen LogP contribution is -2.24. The summed E-state index contributed by atoms with van der Waals surface area (Å²) in [6, 6.07) is 11.3. The fourth-order valence-corrected chi connectivity index (χ4v) is 2.93. The fourth-order valence-electron chi connectivity index (χ4n) is 1.72. The molecule has 1 unspecified atom stereocenters. The predicted molar refractivity (Wildman–Crippen MR) is 79.7 cm³/mol. The third kappa shape index (κ3) is 6.13. The summed E-state index contributed by atoms with van der Waals surface area (Å²) in [5, 5.41) is 3.64. The monoisotopic (exact) mass is 251 g/mol. The van der Waals surface area contributed by atoms with Crippen LogP contribution in [0.25, 0.3) is 0 Å². The molecule has 1 atom stereocenters. The summed E-state index contributed by atoms with van der Waals surface area (Å²) in [6.07, 6.45) is 3.83. The number of rotatable bonds is 9. The molecule has 96 valence electrons. The van der Waals surface area contributed by atoms with Crippen molar-refractivity contribution in [2.45, 2.75) is 39.2 Å². The standard InChI is InChI=1S/C15H25NS/c1-3-5-12-17-13-15(16-11-4-2)14-9-7-6-8-10-14/h6-10,15-16H,3-5,11-13H2,1-2H3. The van der Waals surface area contributed by atoms with Crippen LogP contribution < -0.4 is 5.32 Å². The second kappa shape index (κ2) is 9.55. The number of benzene rings is 1. The highest BCUT2D eigenvalue weighted by atomic mass is 32.2. The third-order valence-corrected chi connectivity index (χ3v) is 3.92. The largest absolute Gasteiger partial charge is 0.309 e. The van der Waals surface area contributed by atoms with Crippen molar-refractivity contribution in [3.63, 3.8) is 0 Å². The van der Waals surface area contributed by atoms with Crippen molar-refractivity contribution >= 4 is 11.8 Å². The molecule has 17 heavy (non-hydrogen) atoms. The minimum atomic E-state index is 0.512. The second-order valence-corrected chi connectivity index (χ2v) is 5.50. The summed E-state index contributed by atoms with van der Waals surface area (Å²) in [6.45, 7) is 5.58. The zero-order chi connectivity index (χ0) is 12.3. The van der Waals surface area contributed by atoms with Crippen LogP contribution in [0, 0.1) is 0 Å². The van der Waals surface area contributed by atoms with Gasteiger partial charge in [-0.05, 0) is 30.7 Å². The molecule has 0 bridgehead atoms. The summed E-state index contributed by atoms with van der Waals surface area (Å²) < 4.78 is 0. The molecule has 0 aromatic heterocycles. The second-order valence-electron chi connectivity index (χ2n) is 4.35. The van der Waals surface area contributed by atoms with Crippen LogP contribution in [-0.2, 0) is 0 Å². The first-order chi connectivity index (χ1) is 8.38. The summed E-state index contributed by atoms with van der Waals surface area (Å²) in [4.78, 5) is 0. The third-order valence-electron chi connectivity index (χ3n) is 2.77. The smallest absolute Gasteiger partial charge is 0.0411 e. The highest BCUT2D eigenvalue weighted by Crippen LogP contribution is 2.19. The minimum Gasteiger partial charge on any atom is -0.309 e. The van der Waals surface area contributed by atoms with Crippen LogP contribution in [0.15, 0.2) is 30.3 Å². The first kappa shape index (κ1) is 14.6. The van der Waals surface area contributed by atoms with Gasteiger partial charge in [0.15, 0.2) is 0 Å². The Balaban J connectivity index is 2.43. The molecule has 0 aliphatic carbocycles. The molecule has 1 N–H and O–H groups in total. The Morgan fingerprint density at radius 1 is 1.12 bits per heavy atom. The van der Waals surface area contributed by atoms with Crippen LogP contribution in [0.3, 0.4) is 0 Å². The van der Waals surface area contributed by atoms with Crippen LogP contribution in [0.2, 0.25) is 0 Å². The Kier molecular flexibility index (Phi) is 8.20. The normalized spacial score (nSPS) is 12.6. The first-order valence-electron chi connectivity index (χ1n) is 6.74. The fraction of sp³-hybridized carbons (Fsp3) is 0.600. The van der Waals surface area contributed by atoms with Gasteiger partial charge in [-0.3, -0.25) is 0 Å². The van der Waals surface area contributed by atoms with Gasteiger partial charge in [0.1, 0.15) is 0 Å².